The molecule has 4 heteroatoms. The van der Waals surface area contributed by atoms with E-state index in [2.05, 4.69) is 17.5 Å². The minimum atomic E-state index is -0.396. The summed E-state index contributed by atoms with van der Waals surface area (Å²) in [5.41, 5.74) is 9.30. The van der Waals surface area contributed by atoms with Crippen molar-refractivity contribution in [1.82, 2.24) is 0 Å². The lowest BCUT2D eigenvalue weighted by Crippen LogP contribution is -2.29. The summed E-state index contributed by atoms with van der Waals surface area (Å²) < 4.78 is 0. The van der Waals surface area contributed by atoms with Crippen LogP contribution < -0.4 is 11.1 Å². The second-order valence-corrected chi connectivity index (χ2v) is 6.23. The Kier molecular flexibility index (Phi) is 3.11. The van der Waals surface area contributed by atoms with Crippen LogP contribution >= 0.6 is 0 Å². The minimum absolute atomic E-state index is 0.183. The summed E-state index contributed by atoms with van der Waals surface area (Å²) in [7, 11) is 0. The van der Waals surface area contributed by atoms with E-state index in [1.165, 1.54) is 0 Å². The highest BCUT2D eigenvalue weighted by Crippen LogP contribution is 2.49. The fraction of sp³-hybridized carbons (Fsp3) is 0.211. The summed E-state index contributed by atoms with van der Waals surface area (Å²) in [6.45, 7) is 0. The summed E-state index contributed by atoms with van der Waals surface area (Å²) in [6.07, 6.45) is 5.42. The molecule has 2 aromatic rings. The Balaban J connectivity index is 1.77. The van der Waals surface area contributed by atoms with Crippen LogP contribution in [0.2, 0.25) is 0 Å². The molecule has 4 rings (SSSR count). The minimum Gasteiger partial charge on any atom is -0.508 e. The Bertz CT molecular complexity index is 796. The third kappa shape index (κ3) is 2.27. The van der Waals surface area contributed by atoms with Gasteiger partial charge in [-0.3, -0.25) is 4.79 Å². The number of nitrogens with one attached hydrogen (secondary N) is 1. The first-order valence-corrected chi connectivity index (χ1v) is 7.79. The number of hydrogen-bond acceptors (Lipinski definition) is 3. The van der Waals surface area contributed by atoms with Crippen LogP contribution in [0.25, 0.3) is 0 Å². The molecule has 1 amide bonds. The molecule has 0 saturated heterocycles. The Labute approximate surface area is 134 Å². The number of anilines is 1. The number of benzene rings is 2. The van der Waals surface area contributed by atoms with Crippen molar-refractivity contribution in [2.45, 2.75) is 18.4 Å². The number of primary amides is 1. The maximum absolute atomic E-state index is 11.5. The van der Waals surface area contributed by atoms with Crippen LogP contribution in [0.3, 0.4) is 0 Å². The van der Waals surface area contributed by atoms with Crippen LogP contribution in [0.5, 0.6) is 5.75 Å². The van der Waals surface area contributed by atoms with E-state index in [0.29, 0.717) is 11.5 Å². The highest BCUT2D eigenvalue weighted by atomic mass is 16.3. The number of fused-ring (bicyclic) bond motifs is 3. The molecule has 3 unspecified atom stereocenters. The zero-order valence-corrected chi connectivity index (χ0v) is 12.6. The van der Waals surface area contributed by atoms with Gasteiger partial charge in [0, 0.05) is 17.2 Å². The summed E-state index contributed by atoms with van der Waals surface area (Å²) in [5.74, 6) is 0.559. The fourth-order valence-electron chi connectivity index (χ4n) is 3.76. The monoisotopic (exact) mass is 306 g/mol. The summed E-state index contributed by atoms with van der Waals surface area (Å²) in [5, 5.41) is 13.1. The predicted octanol–water partition coefficient (Wildman–Crippen LogP) is 3.32. The number of phenolic OH excluding ortho intramolecular Hbond substituents is 1. The molecule has 1 heterocycles. The van der Waals surface area contributed by atoms with Crippen molar-refractivity contribution >= 4 is 11.6 Å². The number of amides is 1. The third-order valence-corrected chi connectivity index (χ3v) is 4.90. The van der Waals surface area contributed by atoms with E-state index in [4.69, 9.17) is 5.73 Å². The smallest absolute Gasteiger partial charge is 0.248 e. The van der Waals surface area contributed by atoms with Gasteiger partial charge in [-0.05, 0) is 53.8 Å². The van der Waals surface area contributed by atoms with Gasteiger partial charge in [0.15, 0.2) is 0 Å². The lowest BCUT2D eigenvalue weighted by molar-refractivity contribution is 0.1000. The van der Waals surface area contributed by atoms with E-state index >= 15 is 0 Å². The van der Waals surface area contributed by atoms with E-state index in [1.807, 2.05) is 24.3 Å². The third-order valence-electron chi connectivity index (χ3n) is 4.90. The van der Waals surface area contributed by atoms with Crippen molar-refractivity contribution in [3.8, 4) is 5.75 Å². The SMILES string of the molecule is NC(=O)c1ccc2c(c1)C1C=CCC1C(c1ccc(O)cc1)N2. The van der Waals surface area contributed by atoms with Gasteiger partial charge in [0.2, 0.25) is 5.91 Å². The molecule has 1 aliphatic heterocycles. The average Bonchev–Trinajstić information content (AvgIpc) is 3.04. The van der Waals surface area contributed by atoms with Crippen LogP contribution in [0, 0.1) is 5.92 Å². The Morgan fingerprint density at radius 3 is 2.70 bits per heavy atom. The standard InChI is InChI=1S/C19H18N2O2/c20-19(23)12-6-9-17-16(10-12)14-2-1-3-15(14)18(21-17)11-4-7-13(22)8-5-11/h1-2,4-10,14-15,18,21-22H,3H2,(H2,20,23). The largest absolute Gasteiger partial charge is 0.508 e. The van der Waals surface area contributed by atoms with Crippen molar-refractivity contribution < 1.29 is 9.90 Å². The molecule has 1 aliphatic carbocycles. The molecule has 116 valence electrons. The normalized spacial score (nSPS) is 24.6. The van der Waals surface area contributed by atoms with Gasteiger partial charge >= 0.3 is 0 Å². The maximum Gasteiger partial charge on any atom is 0.248 e. The number of allylic oxidation sites excluding steroid dienone is 2. The summed E-state index contributed by atoms with van der Waals surface area (Å²) >= 11 is 0. The molecule has 0 bridgehead atoms. The predicted molar refractivity (Wildman–Crippen MR) is 89.4 cm³/mol. The van der Waals surface area contributed by atoms with Gasteiger partial charge in [0.1, 0.15) is 5.75 Å². The summed E-state index contributed by atoms with van der Waals surface area (Å²) in [4.78, 5) is 11.5. The molecule has 2 aliphatic rings. The topological polar surface area (TPSA) is 75.4 Å². The number of carbonyl (C=O) groups excluding carboxylic acids is 1. The van der Waals surface area contributed by atoms with Gasteiger partial charge in [-0.15, -0.1) is 0 Å². The first-order chi connectivity index (χ1) is 11.1. The fourth-order valence-corrected chi connectivity index (χ4v) is 3.76. The van der Waals surface area contributed by atoms with E-state index in [1.54, 1.807) is 18.2 Å². The van der Waals surface area contributed by atoms with Crippen LogP contribution in [0.4, 0.5) is 5.69 Å². The van der Waals surface area contributed by atoms with Gasteiger partial charge in [0.25, 0.3) is 0 Å². The molecular formula is C19H18N2O2. The number of carbonyl (C=O) groups is 1. The Morgan fingerprint density at radius 1 is 1.17 bits per heavy atom. The summed E-state index contributed by atoms with van der Waals surface area (Å²) in [6, 6.07) is 13.2. The number of nitrogens with two attached hydrogens (primary N) is 1. The van der Waals surface area contributed by atoms with Crippen molar-refractivity contribution in [3.05, 3.63) is 71.3 Å². The Hall–Kier alpha value is -2.75. The first kappa shape index (κ1) is 13.9. The van der Waals surface area contributed by atoms with E-state index in [-0.39, 0.29) is 17.7 Å². The molecule has 0 aromatic heterocycles. The number of rotatable bonds is 2. The highest BCUT2D eigenvalue weighted by Gasteiger charge is 2.38. The van der Waals surface area contributed by atoms with Crippen LogP contribution in [0.1, 0.15) is 39.9 Å². The lowest BCUT2D eigenvalue weighted by atomic mass is 9.76. The molecule has 0 fully saturated rings. The quantitative estimate of drug-likeness (QED) is 0.745. The molecule has 2 aromatic carbocycles. The number of hydrogen-bond donors (Lipinski definition) is 3. The second-order valence-electron chi connectivity index (χ2n) is 6.23. The highest BCUT2D eigenvalue weighted by molar-refractivity contribution is 5.93. The van der Waals surface area contributed by atoms with Crippen molar-refractivity contribution in [1.29, 1.82) is 0 Å². The lowest BCUT2D eigenvalue weighted by Gasteiger charge is -2.37. The van der Waals surface area contributed by atoms with E-state index < -0.39 is 5.91 Å². The van der Waals surface area contributed by atoms with Crippen LogP contribution in [-0.4, -0.2) is 11.0 Å². The molecule has 3 atom stereocenters. The van der Waals surface area contributed by atoms with Crippen molar-refractivity contribution in [3.63, 3.8) is 0 Å². The molecule has 0 spiro atoms. The van der Waals surface area contributed by atoms with Gasteiger partial charge in [-0.25, -0.2) is 0 Å². The van der Waals surface area contributed by atoms with Crippen LogP contribution in [-0.2, 0) is 0 Å². The van der Waals surface area contributed by atoms with Gasteiger partial charge in [-0.2, -0.15) is 0 Å². The van der Waals surface area contributed by atoms with Gasteiger partial charge < -0.3 is 16.2 Å². The zero-order chi connectivity index (χ0) is 16.0. The van der Waals surface area contributed by atoms with Crippen molar-refractivity contribution in [2.24, 2.45) is 11.7 Å². The first-order valence-electron chi connectivity index (χ1n) is 7.79. The molecule has 0 radical (unpaired) electrons. The molecule has 4 nitrogen and oxygen atoms in total. The second kappa shape index (κ2) is 5.16. The number of aromatic hydroxyl groups is 1. The van der Waals surface area contributed by atoms with E-state index in [0.717, 1.165) is 23.2 Å². The van der Waals surface area contributed by atoms with E-state index in [9.17, 15) is 9.90 Å². The maximum atomic E-state index is 11.5. The van der Waals surface area contributed by atoms with Crippen molar-refractivity contribution in [2.75, 3.05) is 5.32 Å². The van der Waals surface area contributed by atoms with Crippen LogP contribution in [0.15, 0.2) is 54.6 Å². The average molecular weight is 306 g/mol. The molecular weight excluding hydrogens is 288 g/mol. The molecule has 23 heavy (non-hydrogen) atoms. The molecule has 0 saturated carbocycles. The number of phenols is 1. The van der Waals surface area contributed by atoms with Gasteiger partial charge in [-0.1, -0.05) is 24.3 Å². The van der Waals surface area contributed by atoms with Gasteiger partial charge in [0.05, 0.1) is 6.04 Å². The zero-order valence-electron chi connectivity index (χ0n) is 12.6. The Morgan fingerprint density at radius 2 is 1.96 bits per heavy atom. The molecule has 4 N–H and O–H groups in total.